The summed E-state index contributed by atoms with van der Waals surface area (Å²) in [6.07, 6.45) is -1.04. The number of halogens is 2. The van der Waals surface area contributed by atoms with E-state index in [1.165, 1.54) is 19.1 Å². The number of pyridine rings is 1. The molecule has 1 aromatic carbocycles. The standard InChI is InChI=1S/C20H23F2N3O2/c1-12-9-16(25-7-5-15(6-8-25)24-13(2)26)11-18(23-12)14-3-4-19(27)17(10-14)20(21)22/h3-4,9-11,15,20,27H,5-8H2,1-2H3,(H,24,26). The Morgan fingerprint density at radius 1 is 1.26 bits per heavy atom. The van der Waals surface area contributed by atoms with Gasteiger partial charge in [-0.05, 0) is 50.1 Å². The fraction of sp³-hybridized carbons (Fsp3) is 0.400. The molecule has 2 aromatic rings. The molecule has 0 saturated carbocycles. The molecule has 0 unspecified atom stereocenters. The van der Waals surface area contributed by atoms with Crippen LogP contribution >= 0.6 is 0 Å². The average Bonchev–Trinajstić information content (AvgIpc) is 2.61. The predicted molar refractivity (Wildman–Crippen MR) is 100 cm³/mol. The second-order valence-corrected chi connectivity index (χ2v) is 6.89. The first-order chi connectivity index (χ1) is 12.8. The monoisotopic (exact) mass is 375 g/mol. The molecule has 1 aliphatic heterocycles. The van der Waals surface area contributed by atoms with Crippen LogP contribution in [-0.2, 0) is 4.79 Å². The second-order valence-electron chi connectivity index (χ2n) is 6.89. The number of alkyl halides is 2. The van der Waals surface area contributed by atoms with Gasteiger partial charge in [-0.1, -0.05) is 0 Å². The lowest BCUT2D eigenvalue weighted by molar-refractivity contribution is -0.119. The summed E-state index contributed by atoms with van der Waals surface area (Å²) in [7, 11) is 0. The topological polar surface area (TPSA) is 65.5 Å². The van der Waals surface area contributed by atoms with Crippen LogP contribution in [0.3, 0.4) is 0 Å². The van der Waals surface area contributed by atoms with Gasteiger partial charge in [0.25, 0.3) is 6.43 Å². The fourth-order valence-corrected chi connectivity index (χ4v) is 3.44. The third-order valence-corrected chi connectivity index (χ3v) is 4.76. The van der Waals surface area contributed by atoms with E-state index >= 15 is 0 Å². The molecule has 1 saturated heterocycles. The van der Waals surface area contributed by atoms with E-state index < -0.39 is 17.7 Å². The number of carbonyl (C=O) groups excluding carboxylic acids is 1. The minimum Gasteiger partial charge on any atom is -0.507 e. The van der Waals surface area contributed by atoms with Gasteiger partial charge in [0, 0.05) is 43.0 Å². The number of hydrogen-bond acceptors (Lipinski definition) is 4. The maximum atomic E-state index is 13.1. The van der Waals surface area contributed by atoms with E-state index in [2.05, 4.69) is 15.2 Å². The highest BCUT2D eigenvalue weighted by Gasteiger charge is 2.21. The van der Waals surface area contributed by atoms with Crippen molar-refractivity contribution in [2.24, 2.45) is 0 Å². The van der Waals surface area contributed by atoms with Crippen LogP contribution in [0.25, 0.3) is 11.3 Å². The molecule has 144 valence electrons. The maximum Gasteiger partial charge on any atom is 0.267 e. The van der Waals surface area contributed by atoms with Crippen molar-refractivity contribution in [2.45, 2.75) is 39.2 Å². The zero-order chi connectivity index (χ0) is 19.6. The average molecular weight is 375 g/mol. The molecule has 1 aromatic heterocycles. The zero-order valence-corrected chi connectivity index (χ0v) is 15.4. The van der Waals surface area contributed by atoms with Crippen molar-refractivity contribution in [2.75, 3.05) is 18.0 Å². The quantitative estimate of drug-likeness (QED) is 0.853. The van der Waals surface area contributed by atoms with Crippen LogP contribution in [-0.4, -0.2) is 35.1 Å². The van der Waals surface area contributed by atoms with Gasteiger partial charge >= 0.3 is 0 Å². The van der Waals surface area contributed by atoms with Gasteiger partial charge in [0.1, 0.15) is 5.75 Å². The number of amides is 1. The number of carbonyl (C=O) groups is 1. The number of nitrogens with zero attached hydrogens (tertiary/aromatic N) is 2. The Balaban J connectivity index is 1.83. The largest absolute Gasteiger partial charge is 0.507 e. The van der Waals surface area contributed by atoms with Crippen molar-refractivity contribution in [3.8, 4) is 17.0 Å². The van der Waals surface area contributed by atoms with Crippen LogP contribution in [0.2, 0.25) is 0 Å². The molecule has 3 rings (SSSR count). The molecule has 0 radical (unpaired) electrons. The van der Waals surface area contributed by atoms with Crippen LogP contribution < -0.4 is 10.2 Å². The summed E-state index contributed by atoms with van der Waals surface area (Å²) < 4.78 is 26.2. The number of benzene rings is 1. The van der Waals surface area contributed by atoms with E-state index in [9.17, 15) is 18.7 Å². The SMILES string of the molecule is CC(=O)NC1CCN(c2cc(C)nc(-c3ccc(O)c(C(F)F)c3)c2)CC1. The van der Waals surface area contributed by atoms with Crippen molar-refractivity contribution in [1.29, 1.82) is 0 Å². The number of piperidine rings is 1. The summed E-state index contributed by atoms with van der Waals surface area (Å²) >= 11 is 0. The minimum absolute atomic E-state index is 0.0161. The van der Waals surface area contributed by atoms with Gasteiger partial charge in [-0.3, -0.25) is 9.78 Å². The first-order valence-electron chi connectivity index (χ1n) is 8.95. The van der Waals surface area contributed by atoms with Crippen LogP contribution in [0, 0.1) is 6.92 Å². The highest BCUT2D eigenvalue weighted by atomic mass is 19.3. The number of hydrogen-bond donors (Lipinski definition) is 2. The third-order valence-electron chi connectivity index (χ3n) is 4.76. The number of anilines is 1. The summed E-state index contributed by atoms with van der Waals surface area (Å²) in [6, 6.07) is 8.19. The van der Waals surface area contributed by atoms with E-state index in [4.69, 9.17) is 0 Å². The lowest BCUT2D eigenvalue weighted by Gasteiger charge is -2.34. The maximum absolute atomic E-state index is 13.1. The number of aromatic nitrogens is 1. The zero-order valence-electron chi connectivity index (χ0n) is 15.4. The molecule has 0 spiro atoms. The number of aryl methyl sites for hydroxylation is 1. The van der Waals surface area contributed by atoms with Crippen molar-refractivity contribution in [3.05, 3.63) is 41.6 Å². The van der Waals surface area contributed by atoms with Crippen molar-refractivity contribution < 1.29 is 18.7 Å². The van der Waals surface area contributed by atoms with Gasteiger partial charge in [-0.15, -0.1) is 0 Å². The van der Waals surface area contributed by atoms with Gasteiger partial charge in [-0.2, -0.15) is 0 Å². The van der Waals surface area contributed by atoms with E-state index in [1.54, 1.807) is 6.07 Å². The molecule has 0 bridgehead atoms. The second kappa shape index (κ2) is 7.90. The molecule has 0 atom stereocenters. The van der Waals surface area contributed by atoms with Gasteiger partial charge < -0.3 is 15.3 Å². The summed E-state index contributed by atoms with van der Waals surface area (Å²) in [5.74, 6) is -0.431. The Hall–Kier alpha value is -2.70. The summed E-state index contributed by atoms with van der Waals surface area (Å²) in [5.41, 5.74) is 2.51. The Kier molecular flexibility index (Phi) is 5.58. The summed E-state index contributed by atoms with van der Waals surface area (Å²) in [4.78, 5) is 17.9. The van der Waals surface area contributed by atoms with Crippen LogP contribution in [0.4, 0.5) is 14.5 Å². The Morgan fingerprint density at radius 3 is 2.59 bits per heavy atom. The lowest BCUT2D eigenvalue weighted by Crippen LogP contribution is -2.44. The van der Waals surface area contributed by atoms with E-state index in [-0.39, 0.29) is 11.9 Å². The fourth-order valence-electron chi connectivity index (χ4n) is 3.44. The number of phenolic OH excluding ortho intramolecular Hbond substituents is 1. The van der Waals surface area contributed by atoms with Crippen LogP contribution in [0.5, 0.6) is 5.75 Å². The molecule has 2 heterocycles. The van der Waals surface area contributed by atoms with Crippen molar-refractivity contribution in [1.82, 2.24) is 10.3 Å². The number of nitrogens with one attached hydrogen (secondary N) is 1. The Bertz CT molecular complexity index is 834. The molecule has 1 aliphatic rings. The first kappa shape index (κ1) is 19.1. The normalized spacial score (nSPS) is 15.2. The highest BCUT2D eigenvalue weighted by molar-refractivity contribution is 5.73. The van der Waals surface area contributed by atoms with Gasteiger partial charge in [0.05, 0.1) is 11.3 Å². The molecule has 1 fully saturated rings. The Morgan fingerprint density at radius 2 is 1.96 bits per heavy atom. The van der Waals surface area contributed by atoms with E-state index in [0.29, 0.717) is 11.3 Å². The lowest BCUT2D eigenvalue weighted by atomic mass is 10.0. The van der Waals surface area contributed by atoms with Gasteiger partial charge in [-0.25, -0.2) is 8.78 Å². The molecular weight excluding hydrogens is 352 g/mol. The highest BCUT2D eigenvalue weighted by Crippen LogP contribution is 2.33. The molecule has 2 N–H and O–H groups in total. The van der Waals surface area contributed by atoms with Gasteiger partial charge in [0.2, 0.25) is 5.91 Å². The molecule has 5 nitrogen and oxygen atoms in total. The van der Waals surface area contributed by atoms with Gasteiger partial charge in [0.15, 0.2) is 0 Å². The molecule has 0 aliphatic carbocycles. The van der Waals surface area contributed by atoms with Crippen molar-refractivity contribution in [3.63, 3.8) is 0 Å². The molecule has 1 amide bonds. The number of rotatable bonds is 4. The summed E-state index contributed by atoms with van der Waals surface area (Å²) in [5, 5.41) is 12.6. The van der Waals surface area contributed by atoms with E-state index in [1.807, 2.05) is 19.1 Å². The smallest absolute Gasteiger partial charge is 0.267 e. The number of aromatic hydroxyl groups is 1. The summed E-state index contributed by atoms with van der Waals surface area (Å²) in [6.45, 7) is 4.99. The van der Waals surface area contributed by atoms with Crippen LogP contribution in [0.15, 0.2) is 30.3 Å². The number of phenols is 1. The molecule has 7 heteroatoms. The van der Waals surface area contributed by atoms with Crippen LogP contribution in [0.1, 0.15) is 37.4 Å². The van der Waals surface area contributed by atoms with Crippen molar-refractivity contribution >= 4 is 11.6 Å². The predicted octanol–water partition coefficient (Wildman–Crippen LogP) is 3.81. The van der Waals surface area contributed by atoms with E-state index in [0.717, 1.165) is 37.3 Å². The molecular formula is C20H23F2N3O2. The first-order valence-corrected chi connectivity index (χ1v) is 8.95. The third kappa shape index (κ3) is 4.53. The molecule has 27 heavy (non-hydrogen) atoms. The minimum atomic E-state index is -2.75. The Labute approximate surface area is 157 Å².